The van der Waals surface area contributed by atoms with Gasteiger partial charge in [0.05, 0.1) is 16.3 Å². The van der Waals surface area contributed by atoms with Crippen LogP contribution in [0.1, 0.15) is 42.0 Å². The van der Waals surface area contributed by atoms with Crippen molar-refractivity contribution in [2.24, 2.45) is 4.99 Å². The highest BCUT2D eigenvalue weighted by Crippen LogP contribution is 2.42. The minimum Gasteiger partial charge on any atom is -0.272 e. The van der Waals surface area contributed by atoms with Crippen LogP contribution in [0.4, 0.5) is 4.39 Å². The number of thiazole rings is 1. The summed E-state index contributed by atoms with van der Waals surface area (Å²) in [5.41, 5.74) is 5.53. The molecule has 2 heterocycles. The number of halogens is 3. The van der Waals surface area contributed by atoms with E-state index in [1.54, 1.807) is 22.8 Å². The number of allylic oxidation sites excluding steroid dienone is 2. The lowest BCUT2D eigenvalue weighted by Crippen LogP contribution is -2.39. The van der Waals surface area contributed by atoms with Gasteiger partial charge in [0.15, 0.2) is 4.80 Å². The third-order valence-electron chi connectivity index (χ3n) is 6.74. The molecule has 3 aromatic carbocycles. The van der Waals surface area contributed by atoms with Gasteiger partial charge in [0.2, 0.25) is 0 Å². The molecule has 1 aromatic heterocycles. The first kappa shape index (κ1) is 24.1. The van der Waals surface area contributed by atoms with Gasteiger partial charge in [-0.25, -0.2) is 9.38 Å². The maximum atomic E-state index is 13.8. The van der Waals surface area contributed by atoms with Gasteiger partial charge in [-0.15, -0.1) is 0 Å². The topological polar surface area (TPSA) is 34.4 Å². The molecule has 0 spiro atoms. The van der Waals surface area contributed by atoms with Gasteiger partial charge >= 0.3 is 0 Å². The van der Waals surface area contributed by atoms with E-state index in [4.69, 9.17) is 28.2 Å². The van der Waals surface area contributed by atoms with Crippen LogP contribution in [0.3, 0.4) is 0 Å². The highest BCUT2D eigenvalue weighted by atomic mass is 35.5. The SMILES string of the molecule is O=c1/c(=C/c2ccc(F)cc2)sc2n1[C@H](c1ccccc1Cl)C1=C(N=2)/C(=C\c2ccccc2Cl)CCC1. The zero-order chi connectivity index (χ0) is 25.5. The third kappa shape index (κ3) is 4.52. The van der Waals surface area contributed by atoms with Crippen molar-refractivity contribution < 1.29 is 4.39 Å². The molecule has 1 aliphatic carbocycles. The van der Waals surface area contributed by atoms with Crippen molar-refractivity contribution in [3.8, 4) is 0 Å². The predicted molar refractivity (Wildman–Crippen MR) is 149 cm³/mol. The average Bonchev–Trinajstić information content (AvgIpc) is 3.21. The van der Waals surface area contributed by atoms with E-state index in [1.165, 1.54) is 23.5 Å². The van der Waals surface area contributed by atoms with Crippen LogP contribution in [-0.4, -0.2) is 4.57 Å². The zero-order valence-electron chi connectivity index (χ0n) is 19.6. The Kier molecular flexibility index (Phi) is 6.45. The summed E-state index contributed by atoms with van der Waals surface area (Å²) in [5.74, 6) is -0.317. The zero-order valence-corrected chi connectivity index (χ0v) is 22.0. The Hall–Kier alpha value is -3.25. The maximum Gasteiger partial charge on any atom is 0.271 e. The van der Waals surface area contributed by atoms with Crippen LogP contribution < -0.4 is 14.9 Å². The fraction of sp³-hybridized carbons (Fsp3) is 0.133. The number of benzene rings is 3. The van der Waals surface area contributed by atoms with Crippen molar-refractivity contribution in [1.29, 1.82) is 0 Å². The summed E-state index contributed by atoms with van der Waals surface area (Å²) in [4.78, 5) is 19.4. The summed E-state index contributed by atoms with van der Waals surface area (Å²) in [5, 5.41) is 1.29. The minimum atomic E-state index is -0.356. The maximum absolute atomic E-state index is 13.8. The Morgan fingerprint density at radius 2 is 1.65 bits per heavy atom. The monoisotopic (exact) mass is 546 g/mol. The lowest BCUT2D eigenvalue weighted by atomic mass is 9.84. The molecule has 0 amide bonds. The molecule has 4 aromatic rings. The smallest absolute Gasteiger partial charge is 0.271 e. The van der Waals surface area contributed by atoms with Crippen molar-refractivity contribution in [2.45, 2.75) is 25.3 Å². The molecule has 2 aliphatic rings. The van der Waals surface area contributed by atoms with Gasteiger partial charge in [0.1, 0.15) is 5.82 Å². The standard InChI is InChI=1S/C30H21Cl2FN2OS/c31-24-10-3-1-6-19(24)17-20-7-5-9-23-27(20)34-30-35(28(23)22-8-2-4-11-25(22)32)29(36)26(37-30)16-18-12-14-21(33)15-13-18/h1-4,6,8,10-17,28H,5,7,9H2/b20-17-,26-16-/t28-/m1/s1. The molecular formula is C30H21Cl2FN2OS. The van der Waals surface area contributed by atoms with E-state index < -0.39 is 0 Å². The molecule has 0 radical (unpaired) electrons. The van der Waals surface area contributed by atoms with Gasteiger partial charge in [-0.1, -0.05) is 83.1 Å². The van der Waals surface area contributed by atoms with Crippen molar-refractivity contribution in [1.82, 2.24) is 4.57 Å². The summed E-state index contributed by atoms with van der Waals surface area (Å²) in [6.45, 7) is 0. The highest BCUT2D eigenvalue weighted by Gasteiger charge is 2.33. The molecule has 0 N–H and O–H groups in total. The van der Waals surface area contributed by atoms with Crippen LogP contribution in [-0.2, 0) is 0 Å². The first-order valence-corrected chi connectivity index (χ1v) is 13.6. The predicted octanol–water partition coefficient (Wildman–Crippen LogP) is 6.93. The van der Waals surface area contributed by atoms with Crippen LogP contribution in [0.15, 0.2) is 99.4 Å². The molecule has 3 nitrogen and oxygen atoms in total. The van der Waals surface area contributed by atoms with Crippen molar-refractivity contribution >= 4 is 46.7 Å². The normalized spacial score (nSPS) is 18.5. The second-order valence-corrected chi connectivity index (χ2v) is 10.9. The van der Waals surface area contributed by atoms with Crippen molar-refractivity contribution in [3.05, 3.63) is 142 Å². The van der Waals surface area contributed by atoms with E-state index in [2.05, 4.69) is 6.08 Å². The van der Waals surface area contributed by atoms with E-state index in [0.29, 0.717) is 19.4 Å². The fourth-order valence-electron chi connectivity index (χ4n) is 5.02. The van der Waals surface area contributed by atoms with E-state index in [9.17, 15) is 9.18 Å². The Labute approximate surface area is 227 Å². The van der Waals surface area contributed by atoms with Gasteiger partial charge in [-0.05, 0) is 83.5 Å². The molecule has 0 saturated carbocycles. The number of hydrogen-bond acceptors (Lipinski definition) is 3. The first-order chi connectivity index (χ1) is 18.0. The van der Waals surface area contributed by atoms with Crippen LogP contribution in [0.5, 0.6) is 0 Å². The molecule has 1 aliphatic heterocycles. The van der Waals surface area contributed by atoms with E-state index >= 15 is 0 Å². The minimum absolute atomic E-state index is 0.133. The number of rotatable bonds is 3. The summed E-state index contributed by atoms with van der Waals surface area (Å²) in [7, 11) is 0. The first-order valence-electron chi connectivity index (χ1n) is 12.0. The van der Waals surface area contributed by atoms with Crippen molar-refractivity contribution in [3.63, 3.8) is 0 Å². The molecular weight excluding hydrogens is 526 g/mol. The Bertz CT molecular complexity index is 1770. The Morgan fingerprint density at radius 1 is 0.919 bits per heavy atom. The Balaban J connectivity index is 1.60. The van der Waals surface area contributed by atoms with Gasteiger partial charge in [0, 0.05) is 10.0 Å². The fourth-order valence-corrected chi connectivity index (χ4v) is 6.45. The summed E-state index contributed by atoms with van der Waals surface area (Å²) in [6.07, 6.45) is 6.52. The van der Waals surface area contributed by atoms with Crippen LogP contribution in [0.25, 0.3) is 12.2 Å². The molecule has 6 rings (SSSR count). The van der Waals surface area contributed by atoms with E-state index in [1.807, 2.05) is 48.5 Å². The van der Waals surface area contributed by atoms with Gasteiger partial charge in [-0.3, -0.25) is 9.36 Å². The molecule has 0 saturated heterocycles. The molecule has 37 heavy (non-hydrogen) atoms. The molecule has 184 valence electrons. The van der Waals surface area contributed by atoms with Gasteiger partial charge < -0.3 is 0 Å². The summed E-state index contributed by atoms with van der Waals surface area (Å²) < 4.78 is 15.7. The van der Waals surface area contributed by atoms with Gasteiger partial charge in [-0.2, -0.15) is 0 Å². The number of aromatic nitrogens is 1. The number of nitrogens with zero attached hydrogens (tertiary/aromatic N) is 2. The number of fused-ring (bicyclic) bond motifs is 1. The largest absolute Gasteiger partial charge is 0.272 e. The molecule has 7 heteroatoms. The van der Waals surface area contributed by atoms with Crippen LogP contribution in [0.2, 0.25) is 10.0 Å². The third-order valence-corrected chi connectivity index (χ3v) is 8.41. The van der Waals surface area contributed by atoms with Gasteiger partial charge in [0.25, 0.3) is 5.56 Å². The van der Waals surface area contributed by atoms with Crippen molar-refractivity contribution in [2.75, 3.05) is 0 Å². The van der Waals surface area contributed by atoms with E-state index in [-0.39, 0.29) is 17.4 Å². The lowest BCUT2D eigenvalue weighted by molar-refractivity contribution is 0.553. The lowest BCUT2D eigenvalue weighted by Gasteiger charge is -2.31. The van der Waals surface area contributed by atoms with E-state index in [0.717, 1.165) is 52.8 Å². The van der Waals surface area contributed by atoms with Crippen LogP contribution in [0, 0.1) is 5.82 Å². The molecule has 0 unspecified atom stereocenters. The molecule has 0 fully saturated rings. The summed E-state index contributed by atoms with van der Waals surface area (Å²) in [6, 6.07) is 21.2. The molecule has 1 atom stereocenters. The van der Waals surface area contributed by atoms with Crippen LogP contribution >= 0.6 is 34.5 Å². The second-order valence-electron chi connectivity index (χ2n) is 9.07. The summed E-state index contributed by atoms with van der Waals surface area (Å²) >= 11 is 14.5. The second kappa shape index (κ2) is 9.90. The highest BCUT2D eigenvalue weighted by molar-refractivity contribution is 7.07. The quantitative estimate of drug-likeness (QED) is 0.274. The molecule has 0 bridgehead atoms. The number of hydrogen-bond donors (Lipinski definition) is 0. The Morgan fingerprint density at radius 3 is 2.41 bits per heavy atom. The average molecular weight is 547 g/mol.